The van der Waals surface area contributed by atoms with Gasteiger partial charge in [0.1, 0.15) is 24.2 Å². The fourth-order valence-corrected chi connectivity index (χ4v) is 8.01. The van der Waals surface area contributed by atoms with Crippen LogP contribution >= 0.6 is 0 Å². The average Bonchev–Trinajstić information content (AvgIpc) is 4.02. The summed E-state index contributed by atoms with van der Waals surface area (Å²) in [4.78, 5) is 63.5. The van der Waals surface area contributed by atoms with E-state index in [1.807, 2.05) is 122 Å². The Balaban J connectivity index is 0.000000146. The molecule has 280 valence electrons. The SMILES string of the molecule is O=C1N[C@H](Cc2c[nH]c3ccccc23)C(=O)N[C@@H]1Cc1c[nH]c2ccccc12.O=C1N[C@H](Cc2c[nH]c3ccccc23)C(=O)N[C@H]1Cc1c[nH]c2ccccc12. The van der Waals surface area contributed by atoms with Crippen molar-refractivity contribution in [3.05, 3.63) is 144 Å². The Labute approximate surface area is 320 Å². The van der Waals surface area contributed by atoms with Crippen molar-refractivity contribution in [3.8, 4) is 0 Å². The van der Waals surface area contributed by atoms with Crippen LogP contribution in [0.25, 0.3) is 43.6 Å². The van der Waals surface area contributed by atoms with Gasteiger partial charge < -0.3 is 41.2 Å². The number of carbonyl (C=O) groups is 4. The first-order chi connectivity index (χ1) is 27.4. The van der Waals surface area contributed by atoms with Crippen molar-refractivity contribution in [1.82, 2.24) is 41.2 Å². The van der Waals surface area contributed by atoms with Crippen molar-refractivity contribution >= 4 is 67.2 Å². The lowest BCUT2D eigenvalue weighted by molar-refractivity contribution is -0.136. The summed E-state index contributed by atoms with van der Waals surface area (Å²) in [7, 11) is 0. The highest BCUT2D eigenvalue weighted by Gasteiger charge is 2.35. The molecule has 2 fully saturated rings. The van der Waals surface area contributed by atoms with Gasteiger partial charge in [-0.15, -0.1) is 0 Å². The van der Waals surface area contributed by atoms with Crippen LogP contribution < -0.4 is 21.3 Å². The van der Waals surface area contributed by atoms with Gasteiger partial charge in [0, 0.05) is 94.1 Å². The highest BCUT2D eigenvalue weighted by molar-refractivity contribution is 5.99. The quantitative estimate of drug-likeness (QED) is 0.111. The molecule has 6 heterocycles. The van der Waals surface area contributed by atoms with E-state index in [4.69, 9.17) is 0 Å². The summed E-state index contributed by atoms with van der Waals surface area (Å²) in [5.74, 6) is -0.575. The second-order valence-electron chi connectivity index (χ2n) is 14.5. The maximum Gasteiger partial charge on any atom is 0.243 e. The van der Waals surface area contributed by atoms with Gasteiger partial charge in [0.25, 0.3) is 0 Å². The van der Waals surface area contributed by atoms with Gasteiger partial charge in [-0.25, -0.2) is 0 Å². The molecular formula is C44H40N8O4. The predicted molar refractivity (Wildman–Crippen MR) is 216 cm³/mol. The lowest BCUT2D eigenvalue weighted by Gasteiger charge is -2.29. The zero-order chi connectivity index (χ0) is 38.2. The van der Waals surface area contributed by atoms with Gasteiger partial charge in [-0.2, -0.15) is 0 Å². The van der Waals surface area contributed by atoms with Crippen LogP contribution in [0.1, 0.15) is 22.3 Å². The van der Waals surface area contributed by atoms with E-state index < -0.39 is 24.2 Å². The third-order valence-corrected chi connectivity index (χ3v) is 10.9. The monoisotopic (exact) mass is 744 g/mol. The van der Waals surface area contributed by atoms with E-state index in [1.165, 1.54) is 0 Å². The summed E-state index contributed by atoms with van der Waals surface area (Å²) >= 11 is 0. The van der Waals surface area contributed by atoms with E-state index in [0.717, 1.165) is 65.9 Å². The number of amides is 4. The minimum Gasteiger partial charge on any atom is -0.361 e. The molecule has 0 spiro atoms. The number of nitrogens with one attached hydrogen (secondary N) is 8. The third-order valence-electron chi connectivity index (χ3n) is 10.9. The van der Waals surface area contributed by atoms with Crippen molar-refractivity contribution in [2.45, 2.75) is 49.9 Å². The van der Waals surface area contributed by atoms with Crippen LogP contribution in [0.15, 0.2) is 122 Å². The largest absolute Gasteiger partial charge is 0.361 e. The first-order valence-corrected chi connectivity index (χ1v) is 18.8. The molecule has 2 saturated heterocycles. The molecule has 4 aromatic heterocycles. The van der Waals surface area contributed by atoms with Crippen LogP contribution in [0.3, 0.4) is 0 Å². The zero-order valence-corrected chi connectivity index (χ0v) is 30.3. The highest BCUT2D eigenvalue weighted by Crippen LogP contribution is 2.24. The number of para-hydroxylation sites is 4. The highest BCUT2D eigenvalue weighted by atomic mass is 16.2. The molecule has 2 aliphatic heterocycles. The Morgan fingerprint density at radius 3 is 0.768 bits per heavy atom. The van der Waals surface area contributed by atoms with E-state index in [2.05, 4.69) is 41.2 Å². The zero-order valence-electron chi connectivity index (χ0n) is 30.3. The Bertz CT molecular complexity index is 2380. The van der Waals surface area contributed by atoms with Gasteiger partial charge in [-0.05, 0) is 46.5 Å². The van der Waals surface area contributed by atoms with Crippen LogP contribution in [0.2, 0.25) is 0 Å². The van der Waals surface area contributed by atoms with Crippen LogP contribution in [0.4, 0.5) is 0 Å². The molecule has 4 aromatic carbocycles. The van der Waals surface area contributed by atoms with Crippen LogP contribution in [0.5, 0.6) is 0 Å². The molecule has 8 aromatic rings. The summed E-state index contributed by atoms with van der Waals surface area (Å²) in [6.45, 7) is 0. The number of fused-ring (bicyclic) bond motifs is 4. The second kappa shape index (κ2) is 14.6. The second-order valence-corrected chi connectivity index (χ2v) is 14.5. The molecule has 4 amide bonds. The minimum absolute atomic E-state index is 0.144. The number of benzene rings is 4. The fraction of sp³-hybridized carbons (Fsp3) is 0.182. The minimum atomic E-state index is -0.564. The number of carbonyl (C=O) groups excluding carboxylic acids is 4. The normalized spacial score (nSPS) is 19.7. The third kappa shape index (κ3) is 6.77. The van der Waals surface area contributed by atoms with Crippen LogP contribution in [-0.4, -0.2) is 67.7 Å². The van der Waals surface area contributed by atoms with E-state index >= 15 is 0 Å². The van der Waals surface area contributed by atoms with E-state index in [1.54, 1.807) is 0 Å². The fourth-order valence-electron chi connectivity index (χ4n) is 8.01. The molecule has 0 bridgehead atoms. The van der Waals surface area contributed by atoms with Gasteiger partial charge in [0.15, 0.2) is 0 Å². The molecule has 12 heteroatoms. The maximum absolute atomic E-state index is 12.7. The Morgan fingerprint density at radius 1 is 0.321 bits per heavy atom. The average molecular weight is 745 g/mol. The first-order valence-electron chi connectivity index (χ1n) is 18.8. The molecule has 4 atom stereocenters. The smallest absolute Gasteiger partial charge is 0.243 e. The molecule has 8 N–H and O–H groups in total. The van der Waals surface area contributed by atoms with Gasteiger partial charge in [-0.3, -0.25) is 19.2 Å². The summed E-state index contributed by atoms with van der Waals surface area (Å²) in [6, 6.07) is 29.5. The molecule has 12 nitrogen and oxygen atoms in total. The van der Waals surface area contributed by atoms with Gasteiger partial charge >= 0.3 is 0 Å². The van der Waals surface area contributed by atoms with Crippen molar-refractivity contribution in [2.24, 2.45) is 0 Å². The molecule has 10 rings (SSSR count). The molecule has 0 unspecified atom stereocenters. The van der Waals surface area contributed by atoms with E-state index in [-0.39, 0.29) is 23.6 Å². The van der Waals surface area contributed by atoms with Crippen molar-refractivity contribution in [3.63, 3.8) is 0 Å². The first kappa shape index (κ1) is 34.7. The summed E-state index contributed by atoms with van der Waals surface area (Å²) in [5, 5.41) is 15.9. The van der Waals surface area contributed by atoms with Gasteiger partial charge in [-0.1, -0.05) is 72.8 Å². The number of hydrogen-bond acceptors (Lipinski definition) is 4. The molecule has 2 aliphatic rings. The summed E-state index contributed by atoms with van der Waals surface area (Å²) in [5.41, 5.74) is 8.18. The number of aromatic nitrogens is 4. The van der Waals surface area contributed by atoms with Crippen molar-refractivity contribution in [2.75, 3.05) is 0 Å². The molecule has 0 aliphatic carbocycles. The predicted octanol–water partition coefficient (Wildman–Crippen LogP) is 4.84. The number of hydrogen-bond donors (Lipinski definition) is 8. The lowest BCUT2D eigenvalue weighted by Crippen LogP contribution is -2.62. The van der Waals surface area contributed by atoms with Crippen molar-refractivity contribution < 1.29 is 19.2 Å². The van der Waals surface area contributed by atoms with E-state index in [0.29, 0.717) is 25.7 Å². The Morgan fingerprint density at radius 2 is 0.536 bits per heavy atom. The number of piperazine rings is 2. The molecule has 0 saturated carbocycles. The topological polar surface area (TPSA) is 180 Å². The Kier molecular flexibility index (Phi) is 9.06. The summed E-state index contributed by atoms with van der Waals surface area (Å²) in [6.07, 6.45) is 9.46. The number of H-pyrrole nitrogens is 4. The van der Waals surface area contributed by atoms with E-state index in [9.17, 15) is 19.2 Å². The standard InChI is InChI=1S/2C22H20N4O2/c2*27-21-19(9-13-11-23-17-7-3-1-5-15(13)17)25-22(28)20(26-21)10-14-12-24-18-8-4-2-6-16(14)18/h2*1-8,11-12,19-20,23-24H,9-10H2,(H,25,28)(H,26,27)/t19-,20+;19-,20-/m.1/s1. The Hall–Kier alpha value is -7.08. The van der Waals surface area contributed by atoms with Gasteiger partial charge in [0.05, 0.1) is 0 Å². The summed E-state index contributed by atoms with van der Waals surface area (Å²) < 4.78 is 0. The lowest BCUT2D eigenvalue weighted by atomic mass is 9.98. The number of rotatable bonds is 8. The number of aromatic amines is 4. The van der Waals surface area contributed by atoms with Crippen LogP contribution in [-0.2, 0) is 44.9 Å². The van der Waals surface area contributed by atoms with Crippen molar-refractivity contribution in [1.29, 1.82) is 0 Å². The molecular weight excluding hydrogens is 705 g/mol. The molecule has 56 heavy (non-hydrogen) atoms. The van der Waals surface area contributed by atoms with Crippen LogP contribution in [0, 0.1) is 0 Å². The molecule has 0 radical (unpaired) electrons. The van der Waals surface area contributed by atoms with Gasteiger partial charge in [0.2, 0.25) is 23.6 Å². The maximum atomic E-state index is 12.7.